The van der Waals surface area contributed by atoms with Gasteiger partial charge in [0.05, 0.1) is 12.0 Å². The number of halogens is 1. The van der Waals surface area contributed by atoms with Gasteiger partial charge in [-0.25, -0.2) is 9.37 Å². The van der Waals surface area contributed by atoms with Crippen LogP contribution in [0.4, 0.5) is 15.9 Å². The molecule has 8 nitrogen and oxygen atoms in total. The van der Waals surface area contributed by atoms with E-state index in [-0.39, 0.29) is 29.8 Å². The highest BCUT2D eigenvalue weighted by Crippen LogP contribution is 2.21. The molecule has 0 spiro atoms. The monoisotopic (exact) mass is 458 g/mol. The fraction of sp³-hybridized carbons (Fsp3) is 0.160. The summed E-state index contributed by atoms with van der Waals surface area (Å²) in [6.45, 7) is 3.99. The second-order valence-corrected chi connectivity index (χ2v) is 7.92. The molecule has 0 aliphatic rings. The van der Waals surface area contributed by atoms with Crippen LogP contribution in [0.15, 0.2) is 73.1 Å². The van der Waals surface area contributed by atoms with E-state index in [4.69, 9.17) is 0 Å². The Morgan fingerprint density at radius 3 is 2.56 bits per heavy atom. The van der Waals surface area contributed by atoms with Gasteiger partial charge in [0.15, 0.2) is 5.82 Å². The van der Waals surface area contributed by atoms with Crippen LogP contribution >= 0.6 is 0 Å². The van der Waals surface area contributed by atoms with Gasteiger partial charge in [-0.15, -0.1) is 10.2 Å². The fourth-order valence-electron chi connectivity index (χ4n) is 3.38. The van der Waals surface area contributed by atoms with Crippen LogP contribution in [-0.2, 0) is 11.2 Å². The van der Waals surface area contributed by atoms with Crippen molar-refractivity contribution in [2.45, 2.75) is 26.3 Å². The minimum Gasteiger partial charge on any atom is -0.326 e. The smallest absolute Gasteiger partial charge is 0.259 e. The molecule has 2 heterocycles. The Balaban J connectivity index is 1.49. The molecule has 4 rings (SSSR count). The first-order chi connectivity index (χ1) is 16.4. The summed E-state index contributed by atoms with van der Waals surface area (Å²) in [7, 11) is 0. The molecule has 0 bridgehead atoms. The van der Waals surface area contributed by atoms with Gasteiger partial charge in [0, 0.05) is 11.7 Å². The SMILES string of the molecule is CC(C)n1cnnc1-c1cccc(NC(=O)c2cc(NC(=O)Cc3ccccc3)ccc2F)n1. The first-order valence-electron chi connectivity index (χ1n) is 10.7. The van der Waals surface area contributed by atoms with Crippen LogP contribution in [0.1, 0.15) is 35.8 Å². The summed E-state index contributed by atoms with van der Waals surface area (Å²) in [6.07, 6.45) is 1.78. The van der Waals surface area contributed by atoms with E-state index in [2.05, 4.69) is 25.8 Å². The number of nitrogens with one attached hydrogen (secondary N) is 2. The molecule has 0 fully saturated rings. The van der Waals surface area contributed by atoms with Crippen LogP contribution in [0.2, 0.25) is 0 Å². The Hall–Kier alpha value is -4.40. The fourth-order valence-corrected chi connectivity index (χ4v) is 3.38. The van der Waals surface area contributed by atoms with Crippen molar-refractivity contribution in [1.82, 2.24) is 19.7 Å². The molecule has 0 saturated carbocycles. The van der Waals surface area contributed by atoms with Crippen LogP contribution < -0.4 is 10.6 Å². The van der Waals surface area contributed by atoms with Gasteiger partial charge in [0.2, 0.25) is 5.91 Å². The van der Waals surface area contributed by atoms with Gasteiger partial charge in [-0.1, -0.05) is 36.4 Å². The molecule has 0 radical (unpaired) electrons. The highest BCUT2D eigenvalue weighted by atomic mass is 19.1. The zero-order chi connectivity index (χ0) is 24.1. The second kappa shape index (κ2) is 10.0. The van der Waals surface area contributed by atoms with Crippen LogP contribution in [0.3, 0.4) is 0 Å². The van der Waals surface area contributed by atoms with Crippen molar-refractivity contribution in [2.24, 2.45) is 0 Å². The third-order valence-corrected chi connectivity index (χ3v) is 5.05. The molecule has 0 aliphatic heterocycles. The Labute approximate surface area is 195 Å². The highest BCUT2D eigenvalue weighted by molar-refractivity contribution is 6.05. The molecular weight excluding hydrogens is 435 g/mol. The number of amides is 2. The molecule has 0 atom stereocenters. The van der Waals surface area contributed by atoms with Crippen molar-refractivity contribution in [3.05, 3.63) is 90.0 Å². The quantitative estimate of drug-likeness (QED) is 0.425. The van der Waals surface area contributed by atoms with Gasteiger partial charge >= 0.3 is 0 Å². The van der Waals surface area contributed by atoms with E-state index in [1.807, 2.05) is 48.7 Å². The normalized spacial score (nSPS) is 10.8. The second-order valence-electron chi connectivity index (χ2n) is 7.92. The molecule has 4 aromatic rings. The third kappa shape index (κ3) is 5.32. The largest absolute Gasteiger partial charge is 0.326 e. The maximum Gasteiger partial charge on any atom is 0.259 e. The van der Waals surface area contributed by atoms with Crippen molar-refractivity contribution in [3.63, 3.8) is 0 Å². The van der Waals surface area contributed by atoms with E-state index in [1.165, 1.54) is 12.1 Å². The Morgan fingerprint density at radius 1 is 1.00 bits per heavy atom. The highest BCUT2D eigenvalue weighted by Gasteiger charge is 2.16. The number of hydrogen-bond acceptors (Lipinski definition) is 5. The van der Waals surface area contributed by atoms with E-state index in [0.29, 0.717) is 17.2 Å². The van der Waals surface area contributed by atoms with Crippen molar-refractivity contribution in [3.8, 4) is 11.5 Å². The molecule has 0 unspecified atom stereocenters. The molecule has 2 aromatic carbocycles. The Morgan fingerprint density at radius 2 is 1.79 bits per heavy atom. The van der Waals surface area contributed by atoms with E-state index in [9.17, 15) is 14.0 Å². The van der Waals surface area contributed by atoms with Gasteiger partial charge in [-0.2, -0.15) is 0 Å². The molecule has 0 aliphatic carbocycles. The predicted octanol–water partition coefficient (Wildman–Crippen LogP) is 4.49. The standard InChI is InChI=1S/C25H23FN6O2/c1-16(2)32-15-27-31-24(32)21-9-6-10-22(29-21)30-25(34)19-14-18(11-12-20(19)26)28-23(33)13-17-7-4-3-5-8-17/h3-12,14-16H,13H2,1-2H3,(H,28,33)(H,29,30,34). The summed E-state index contributed by atoms with van der Waals surface area (Å²) in [5.74, 6) is -0.882. The number of nitrogens with zero attached hydrogens (tertiary/aromatic N) is 4. The van der Waals surface area contributed by atoms with Crippen LogP contribution in [0.25, 0.3) is 11.5 Å². The molecule has 0 saturated heterocycles. The minimum absolute atomic E-state index is 0.124. The average molecular weight is 458 g/mol. The van der Waals surface area contributed by atoms with Gasteiger partial charge in [0.25, 0.3) is 5.91 Å². The van der Waals surface area contributed by atoms with Crippen LogP contribution in [0, 0.1) is 5.82 Å². The van der Waals surface area contributed by atoms with E-state index in [1.54, 1.807) is 24.5 Å². The number of carbonyl (C=O) groups excluding carboxylic acids is 2. The van der Waals surface area contributed by atoms with Crippen molar-refractivity contribution in [1.29, 1.82) is 0 Å². The summed E-state index contributed by atoms with van der Waals surface area (Å²) >= 11 is 0. The number of hydrogen-bond donors (Lipinski definition) is 2. The summed E-state index contributed by atoms with van der Waals surface area (Å²) in [6, 6.07) is 18.3. The van der Waals surface area contributed by atoms with Gasteiger partial charge < -0.3 is 15.2 Å². The molecule has 2 N–H and O–H groups in total. The lowest BCUT2D eigenvalue weighted by molar-refractivity contribution is -0.115. The Kier molecular flexibility index (Phi) is 6.72. The van der Waals surface area contributed by atoms with Crippen molar-refractivity contribution >= 4 is 23.3 Å². The molecule has 2 aromatic heterocycles. The number of rotatable bonds is 7. The number of aromatic nitrogens is 4. The van der Waals surface area contributed by atoms with E-state index < -0.39 is 11.7 Å². The number of benzene rings is 2. The first-order valence-corrected chi connectivity index (χ1v) is 10.7. The topological polar surface area (TPSA) is 102 Å². The molecule has 2 amide bonds. The lowest BCUT2D eigenvalue weighted by Crippen LogP contribution is -2.17. The number of carbonyl (C=O) groups is 2. The zero-order valence-electron chi connectivity index (χ0n) is 18.7. The summed E-state index contributed by atoms with van der Waals surface area (Å²) in [4.78, 5) is 29.6. The molecular formula is C25H23FN6O2. The first kappa shape index (κ1) is 22.8. The Bertz CT molecular complexity index is 1320. The van der Waals surface area contributed by atoms with Crippen molar-refractivity contribution < 1.29 is 14.0 Å². The number of anilines is 2. The summed E-state index contributed by atoms with van der Waals surface area (Å²) < 4.78 is 16.3. The van der Waals surface area contributed by atoms with E-state index in [0.717, 1.165) is 11.6 Å². The van der Waals surface area contributed by atoms with Gasteiger partial charge in [-0.3, -0.25) is 9.59 Å². The summed E-state index contributed by atoms with van der Waals surface area (Å²) in [5, 5.41) is 13.3. The molecule has 9 heteroatoms. The number of pyridine rings is 1. The van der Waals surface area contributed by atoms with Crippen molar-refractivity contribution in [2.75, 3.05) is 10.6 Å². The minimum atomic E-state index is -0.714. The summed E-state index contributed by atoms with van der Waals surface area (Å²) in [5.41, 5.74) is 1.47. The average Bonchev–Trinajstić information content (AvgIpc) is 3.32. The van der Waals surface area contributed by atoms with Gasteiger partial charge in [0.1, 0.15) is 23.7 Å². The van der Waals surface area contributed by atoms with Crippen LogP contribution in [-0.4, -0.2) is 31.6 Å². The zero-order valence-corrected chi connectivity index (χ0v) is 18.7. The molecule has 34 heavy (non-hydrogen) atoms. The van der Waals surface area contributed by atoms with Crippen LogP contribution in [0.5, 0.6) is 0 Å². The maximum absolute atomic E-state index is 14.4. The van der Waals surface area contributed by atoms with E-state index >= 15 is 0 Å². The molecule has 172 valence electrons. The maximum atomic E-state index is 14.4. The van der Waals surface area contributed by atoms with Gasteiger partial charge in [-0.05, 0) is 49.7 Å². The lowest BCUT2D eigenvalue weighted by Gasteiger charge is -2.11. The lowest BCUT2D eigenvalue weighted by atomic mass is 10.1. The third-order valence-electron chi connectivity index (χ3n) is 5.05. The predicted molar refractivity (Wildman–Crippen MR) is 127 cm³/mol.